The lowest BCUT2D eigenvalue weighted by Crippen LogP contribution is -2.65. The van der Waals surface area contributed by atoms with Crippen molar-refractivity contribution in [2.45, 2.75) is 61.4 Å². The Hall–Kier alpha value is -0.930. The Morgan fingerprint density at radius 2 is 1.50 bits per heavy atom. The molecular formula is C12H20O12. The molecule has 2 heterocycles. The maximum atomic E-state index is 11.0. The first-order valence-electron chi connectivity index (χ1n) is 7.07. The molecule has 1 unspecified atom stereocenters. The number of aliphatic hydroxyl groups excluding tert-OH is 7. The van der Waals surface area contributed by atoms with E-state index in [9.17, 15) is 35.4 Å². The molecule has 24 heavy (non-hydrogen) atoms. The van der Waals surface area contributed by atoms with Gasteiger partial charge in [-0.15, -0.1) is 0 Å². The van der Waals surface area contributed by atoms with Crippen molar-refractivity contribution >= 4 is 5.97 Å². The second kappa shape index (κ2) is 7.53. The van der Waals surface area contributed by atoms with Gasteiger partial charge in [0.15, 0.2) is 18.7 Å². The summed E-state index contributed by atoms with van der Waals surface area (Å²) in [5, 5.41) is 76.4. The number of carboxylic acids is 1. The molecule has 2 aliphatic rings. The van der Waals surface area contributed by atoms with Crippen LogP contribution in [0.3, 0.4) is 0 Å². The van der Waals surface area contributed by atoms with Crippen LogP contribution in [0.15, 0.2) is 0 Å². The van der Waals surface area contributed by atoms with Gasteiger partial charge in [0.25, 0.3) is 0 Å². The summed E-state index contributed by atoms with van der Waals surface area (Å²) in [7, 11) is 0. The van der Waals surface area contributed by atoms with Gasteiger partial charge in [-0.1, -0.05) is 0 Å². The molecule has 12 heteroatoms. The summed E-state index contributed by atoms with van der Waals surface area (Å²) in [6.07, 6.45) is -17.8. The van der Waals surface area contributed by atoms with Crippen LogP contribution in [0.1, 0.15) is 0 Å². The Kier molecular flexibility index (Phi) is 6.09. The number of aliphatic carboxylic acids is 1. The third-order valence-electron chi connectivity index (χ3n) is 3.94. The zero-order chi connectivity index (χ0) is 18.2. The van der Waals surface area contributed by atoms with Crippen LogP contribution in [-0.4, -0.2) is 115 Å². The van der Waals surface area contributed by atoms with Crippen molar-refractivity contribution in [3.8, 4) is 0 Å². The van der Waals surface area contributed by atoms with Gasteiger partial charge in [0.1, 0.15) is 42.7 Å². The van der Waals surface area contributed by atoms with E-state index in [1.165, 1.54) is 0 Å². The number of hydrogen-bond donors (Lipinski definition) is 8. The number of ether oxygens (including phenoxy) is 3. The zero-order valence-electron chi connectivity index (χ0n) is 12.2. The minimum atomic E-state index is -2.00. The summed E-state index contributed by atoms with van der Waals surface area (Å²) in [5.41, 5.74) is 0. The van der Waals surface area contributed by atoms with E-state index < -0.39 is 74.0 Å². The van der Waals surface area contributed by atoms with E-state index in [1.54, 1.807) is 0 Å². The number of carbonyl (C=O) groups is 1. The first-order chi connectivity index (χ1) is 11.2. The molecule has 2 saturated heterocycles. The molecule has 0 aromatic heterocycles. The molecule has 12 nitrogen and oxygen atoms in total. The zero-order valence-corrected chi connectivity index (χ0v) is 12.2. The predicted molar refractivity (Wildman–Crippen MR) is 69.2 cm³/mol. The van der Waals surface area contributed by atoms with Crippen molar-refractivity contribution in [1.82, 2.24) is 0 Å². The lowest BCUT2D eigenvalue weighted by Gasteiger charge is -2.44. The number of hydrogen-bond acceptors (Lipinski definition) is 11. The van der Waals surface area contributed by atoms with Crippen LogP contribution in [0.2, 0.25) is 0 Å². The van der Waals surface area contributed by atoms with Crippen LogP contribution in [0.4, 0.5) is 0 Å². The molecule has 140 valence electrons. The molecule has 10 atom stereocenters. The van der Waals surface area contributed by atoms with Gasteiger partial charge in [-0.3, -0.25) is 0 Å². The standard InChI is InChI=1S/C12H20O12/c13-1-2-3(14)4(15)5(16)12(22-2)24-8-6(17)9(10(19)20)23-11(21)7(8)18/h2-9,11-18,21H,1H2,(H,19,20)/t2-,3+,4+,5-,6+,7-,8+,9+,11?,12+/m1/s1. The summed E-state index contributed by atoms with van der Waals surface area (Å²) in [6, 6.07) is 0. The van der Waals surface area contributed by atoms with E-state index in [4.69, 9.17) is 19.7 Å². The summed E-state index contributed by atoms with van der Waals surface area (Å²) in [4.78, 5) is 11.0. The molecule has 0 radical (unpaired) electrons. The van der Waals surface area contributed by atoms with Gasteiger partial charge in [0.05, 0.1) is 6.61 Å². The van der Waals surface area contributed by atoms with E-state index in [0.29, 0.717) is 0 Å². The Labute approximate surface area is 135 Å². The van der Waals surface area contributed by atoms with E-state index in [-0.39, 0.29) is 0 Å². The van der Waals surface area contributed by atoms with Gasteiger partial charge in [0, 0.05) is 0 Å². The molecule has 8 N–H and O–H groups in total. The van der Waals surface area contributed by atoms with Gasteiger partial charge in [-0.2, -0.15) is 0 Å². The summed E-state index contributed by atoms with van der Waals surface area (Å²) < 4.78 is 14.7. The average molecular weight is 356 g/mol. The molecule has 2 rings (SSSR count). The van der Waals surface area contributed by atoms with E-state index in [1.807, 2.05) is 0 Å². The molecule has 0 amide bonds. The molecule has 0 aromatic carbocycles. The molecule has 2 fully saturated rings. The fourth-order valence-corrected chi connectivity index (χ4v) is 2.55. The van der Waals surface area contributed by atoms with Crippen LogP contribution in [0.5, 0.6) is 0 Å². The quantitative estimate of drug-likeness (QED) is 0.238. The second-order valence-corrected chi connectivity index (χ2v) is 5.56. The summed E-state index contributed by atoms with van der Waals surface area (Å²) in [6.45, 7) is -0.732. The summed E-state index contributed by atoms with van der Waals surface area (Å²) in [5.74, 6) is -1.63. The smallest absolute Gasteiger partial charge is 0.335 e. The highest BCUT2D eigenvalue weighted by atomic mass is 16.7. The van der Waals surface area contributed by atoms with Crippen LogP contribution in [0.25, 0.3) is 0 Å². The fraction of sp³-hybridized carbons (Fsp3) is 0.917. The number of aliphatic hydroxyl groups is 7. The van der Waals surface area contributed by atoms with Crippen LogP contribution in [-0.2, 0) is 19.0 Å². The monoisotopic (exact) mass is 356 g/mol. The third kappa shape index (κ3) is 3.52. The largest absolute Gasteiger partial charge is 0.479 e. The van der Waals surface area contributed by atoms with Crippen molar-refractivity contribution in [3.63, 3.8) is 0 Å². The number of carboxylic acid groups (broad SMARTS) is 1. The Bertz CT molecular complexity index is 444. The molecule has 0 aromatic rings. The van der Waals surface area contributed by atoms with Gasteiger partial charge < -0.3 is 55.1 Å². The predicted octanol–water partition coefficient (Wildman–Crippen LogP) is -5.30. The Morgan fingerprint density at radius 3 is 2.04 bits per heavy atom. The molecule has 0 aliphatic carbocycles. The minimum Gasteiger partial charge on any atom is -0.479 e. The molecule has 0 bridgehead atoms. The molecular weight excluding hydrogens is 336 g/mol. The van der Waals surface area contributed by atoms with Crippen molar-refractivity contribution < 1.29 is 59.9 Å². The highest BCUT2D eigenvalue weighted by Gasteiger charge is 2.51. The van der Waals surface area contributed by atoms with Gasteiger partial charge in [-0.25, -0.2) is 4.79 Å². The van der Waals surface area contributed by atoms with E-state index in [2.05, 4.69) is 4.74 Å². The highest BCUT2D eigenvalue weighted by molar-refractivity contribution is 5.73. The van der Waals surface area contributed by atoms with Gasteiger partial charge in [0.2, 0.25) is 0 Å². The Balaban J connectivity index is 2.16. The highest BCUT2D eigenvalue weighted by Crippen LogP contribution is 2.28. The first kappa shape index (κ1) is 19.4. The maximum absolute atomic E-state index is 11.0. The van der Waals surface area contributed by atoms with Crippen LogP contribution >= 0.6 is 0 Å². The Morgan fingerprint density at radius 1 is 0.875 bits per heavy atom. The lowest BCUT2D eigenvalue weighted by atomic mass is 9.97. The topological polar surface area (TPSA) is 207 Å². The van der Waals surface area contributed by atoms with Crippen LogP contribution < -0.4 is 0 Å². The molecule has 0 saturated carbocycles. The first-order valence-corrected chi connectivity index (χ1v) is 7.07. The minimum absolute atomic E-state index is 0.732. The van der Waals surface area contributed by atoms with Crippen LogP contribution in [0, 0.1) is 0 Å². The lowest BCUT2D eigenvalue weighted by molar-refractivity contribution is -0.352. The molecule has 0 spiro atoms. The van der Waals surface area contributed by atoms with Crippen molar-refractivity contribution in [2.24, 2.45) is 0 Å². The average Bonchev–Trinajstić information content (AvgIpc) is 2.54. The van der Waals surface area contributed by atoms with Crippen molar-refractivity contribution in [3.05, 3.63) is 0 Å². The van der Waals surface area contributed by atoms with Gasteiger partial charge >= 0.3 is 5.97 Å². The number of rotatable bonds is 4. The maximum Gasteiger partial charge on any atom is 0.335 e. The van der Waals surface area contributed by atoms with E-state index in [0.717, 1.165) is 0 Å². The fourth-order valence-electron chi connectivity index (χ4n) is 2.55. The van der Waals surface area contributed by atoms with Crippen molar-refractivity contribution in [2.75, 3.05) is 6.61 Å². The van der Waals surface area contributed by atoms with E-state index >= 15 is 0 Å². The van der Waals surface area contributed by atoms with Crippen molar-refractivity contribution in [1.29, 1.82) is 0 Å². The normalized spacial score (nSPS) is 49.8. The van der Waals surface area contributed by atoms with Gasteiger partial charge in [-0.05, 0) is 0 Å². The SMILES string of the molecule is O=C(O)[C@H]1OC(O)[C@H](O)[C@@H](O[C@@H]2O[C@H](CO)[C@H](O)[C@H](O)[C@H]2O)[C@@H]1O. The second-order valence-electron chi connectivity index (χ2n) is 5.56. The summed E-state index contributed by atoms with van der Waals surface area (Å²) >= 11 is 0. The molecule has 2 aliphatic heterocycles. The third-order valence-corrected chi connectivity index (χ3v) is 3.94.